The van der Waals surface area contributed by atoms with Crippen molar-refractivity contribution in [2.24, 2.45) is 11.7 Å². The zero-order chi connectivity index (χ0) is 12.5. The van der Waals surface area contributed by atoms with Crippen molar-refractivity contribution in [3.63, 3.8) is 0 Å². The molecule has 3 nitrogen and oxygen atoms in total. The summed E-state index contributed by atoms with van der Waals surface area (Å²) in [5.41, 5.74) is 8.12. The Bertz CT molecular complexity index is 399. The van der Waals surface area contributed by atoms with Gasteiger partial charge in [0.25, 0.3) is 0 Å². The van der Waals surface area contributed by atoms with Gasteiger partial charge in [-0.25, -0.2) is 0 Å². The number of aromatic nitrogens is 1. The lowest BCUT2D eigenvalue weighted by atomic mass is 9.91. The van der Waals surface area contributed by atoms with E-state index in [1.165, 1.54) is 44.3 Å². The highest BCUT2D eigenvalue weighted by Crippen LogP contribution is 2.38. The number of rotatable bonds is 2. The highest BCUT2D eigenvalue weighted by molar-refractivity contribution is 5.47. The van der Waals surface area contributed by atoms with Crippen molar-refractivity contribution in [3.8, 4) is 0 Å². The number of anilines is 1. The van der Waals surface area contributed by atoms with Crippen LogP contribution in [0.1, 0.15) is 50.8 Å². The Morgan fingerprint density at radius 3 is 2.83 bits per heavy atom. The molecule has 1 aliphatic heterocycles. The molecule has 2 N–H and O–H groups in total. The van der Waals surface area contributed by atoms with Gasteiger partial charge in [-0.15, -0.1) is 0 Å². The number of piperidine rings is 1. The number of fused-ring (bicyclic) bond motifs is 1. The molecule has 18 heavy (non-hydrogen) atoms. The third-order valence-electron chi connectivity index (χ3n) is 4.56. The number of nitrogens with two attached hydrogens (primary N) is 1. The Kier molecular flexibility index (Phi) is 3.25. The molecule has 3 heteroatoms. The van der Waals surface area contributed by atoms with Gasteiger partial charge in [0.1, 0.15) is 0 Å². The van der Waals surface area contributed by atoms with E-state index in [2.05, 4.69) is 22.0 Å². The topological polar surface area (TPSA) is 42.1 Å². The fourth-order valence-electron chi connectivity index (χ4n) is 3.61. The SMILES string of the molecule is CC(N)c1ccc(N2CCCC3CCCC32)cn1. The molecular formula is C15H23N3. The van der Waals surface area contributed by atoms with Gasteiger partial charge in [0.15, 0.2) is 0 Å². The molecule has 2 heterocycles. The molecule has 2 aliphatic rings. The Labute approximate surface area is 109 Å². The molecule has 1 aromatic rings. The van der Waals surface area contributed by atoms with Crippen molar-refractivity contribution in [2.75, 3.05) is 11.4 Å². The van der Waals surface area contributed by atoms with Crippen LogP contribution in [0.4, 0.5) is 5.69 Å². The third-order valence-corrected chi connectivity index (χ3v) is 4.56. The van der Waals surface area contributed by atoms with E-state index in [9.17, 15) is 0 Å². The summed E-state index contributed by atoms with van der Waals surface area (Å²) in [4.78, 5) is 7.08. The van der Waals surface area contributed by atoms with Crippen molar-refractivity contribution in [1.82, 2.24) is 4.98 Å². The van der Waals surface area contributed by atoms with Crippen LogP contribution in [-0.4, -0.2) is 17.6 Å². The lowest BCUT2D eigenvalue weighted by Crippen LogP contribution is -2.42. The fraction of sp³-hybridized carbons (Fsp3) is 0.667. The van der Waals surface area contributed by atoms with Gasteiger partial charge in [-0.2, -0.15) is 0 Å². The van der Waals surface area contributed by atoms with Crippen LogP contribution in [-0.2, 0) is 0 Å². The van der Waals surface area contributed by atoms with E-state index in [1.54, 1.807) is 0 Å². The minimum absolute atomic E-state index is 0.0274. The molecule has 1 saturated heterocycles. The highest BCUT2D eigenvalue weighted by atomic mass is 15.2. The molecule has 1 saturated carbocycles. The van der Waals surface area contributed by atoms with E-state index in [1.807, 2.05) is 13.1 Å². The third kappa shape index (κ3) is 2.12. The van der Waals surface area contributed by atoms with E-state index in [0.717, 1.165) is 17.7 Å². The zero-order valence-electron chi connectivity index (χ0n) is 11.2. The standard InChI is InChI=1S/C15H23N3/c1-11(16)14-8-7-13(10-17-14)18-9-3-5-12-4-2-6-15(12)18/h7-8,10-12,15H,2-6,9,16H2,1H3. The molecule has 2 fully saturated rings. The maximum atomic E-state index is 5.85. The summed E-state index contributed by atoms with van der Waals surface area (Å²) in [6.45, 7) is 3.18. The second kappa shape index (κ2) is 4.88. The van der Waals surface area contributed by atoms with Crippen molar-refractivity contribution >= 4 is 5.69 Å². The van der Waals surface area contributed by atoms with E-state index in [4.69, 9.17) is 5.73 Å². The van der Waals surface area contributed by atoms with Crippen LogP contribution in [0.5, 0.6) is 0 Å². The molecule has 0 bridgehead atoms. The smallest absolute Gasteiger partial charge is 0.0569 e. The molecular weight excluding hydrogens is 222 g/mol. The monoisotopic (exact) mass is 245 g/mol. The molecule has 3 atom stereocenters. The van der Waals surface area contributed by atoms with Crippen molar-refractivity contribution in [3.05, 3.63) is 24.0 Å². The minimum atomic E-state index is 0.0274. The van der Waals surface area contributed by atoms with Crippen molar-refractivity contribution in [1.29, 1.82) is 0 Å². The molecule has 0 spiro atoms. The number of nitrogens with zero attached hydrogens (tertiary/aromatic N) is 2. The lowest BCUT2D eigenvalue weighted by Gasteiger charge is -2.39. The Hall–Kier alpha value is -1.09. The zero-order valence-corrected chi connectivity index (χ0v) is 11.2. The first-order valence-corrected chi connectivity index (χ1v) is 7.24. The van der Waals surface area contributed by atoms with Gasteiger partial charge >= 0.3 is 0 Å². The fourth-order valence-corrected chi connectivity index (χ4v) is 3.61. The van der Waals surface area contributed by atoms with Crippen LogP contribution in [0.2, 0.25) is 0 Å². The normalized spacial score (nSPS) is 29.1. The molecule has 98 valence electrons. The number of pyridine rings is 1. The Morgan fingerprint density at radius 2 is 2.11 bits per heavy atom. The lowest BCUT2D eigenvalue weighted by molar-refractivity contribution is 0.362. The second-order valence-corrected chi connectivity index (χ2v) is 5.82. The molecule has 0 radical (unpaired) electrons. The van der Waals surface area contributed by atoms with Gasteiger partial charge in [0, 0.05) is 18.6 Å². The molecule has 1 aliphatic carbocycles. The van der Waals surface area contributed by atoms with Gasteiger partial charge in [0.05, 0.1) is 17.6 Å². The summed E-state index contributed by atoms with van der Waals surface area (Å²) in [7, 11) is 0. The Balaban J connectivity index is 1.80. The second-order valence-electron chi connectivity index (χ2n) is 5.82. The van der Waals surface area contributed by atoms with Gasteiger partial charge < -0.3 is 10.6 Å². The predicted molar refractivity (Wildman–Crippen MR) is 74.5 cm³/mol. The summed E-state index contributed by atoms with van der Waals surface area (Å²) in [6.07, 6.45) is 8.95. The molecule has 0 aromatic carbocycles. The molecule has 0 amide bonds. The van der Waals surface area contributed by atoms with Gasteiger partial charge in [-0.3, -0.25) is 4.98 Å². The predicted octanol–water partition coefficient (Wildman–Crippen LogP) is 2.87. The van der Waals surface area contributed by atoms with Gasteiger partial charge in [0.2, 0.25) is 0 Å². The maximum absolute atomic E-state index is 5.85. The largest absolute Gasteiger partial charge is 0.367 e. The average molecular weight is 245 g/mol. The molecule has 3 rings (SSSR count). The van der Waals surface area contributed by atoms with E-state index >= 15 is 0 Å². The average Bonchev–Trinajstić information content (AvgIpc) is 2.87. The minimum Gasteiger partial charge on any atom is -0.367 e. The summed E-state index contributed by atoms with van der Waals surface area (Å²) < 4.78 is 0. The molecule has 1 aromatic heterocycles. The summed E-state index contributed by atoms with van der Waals surface area (Å²) in [6, 6.07) is 5.08. The van der Waals surface area contributed by atoms with Crippen molar-refractivity contribution < 1.29 is 0 Å². The van der Waals surface area contributed by atoms with Crippen LogP contribution in [0, 0.1) is 5.92 Å². The first kappa shape index (κ1) is 12.0. The summed E-state index contributed by atoms with van der Waals surface area (Å²) in [5.74, 6) is 0.923. The van der Waals surface area contributed by atoms with Gasteiger partial charge in [-0.05, 0) is 50.7 Å². The van der Waals surface area contributed by atoms with Gasteiger partial charge in [-0.1, -0.05) is 6.42 Å². The molecule has 3 unspecified atom stereocenters. The number of hydrogen-bond donors (Lipinski definition) is 1. The van der Waals surface area contributed by atoms with Crippen molar-refractivity contribution in [2.45, 2.75) is 51.1 Å². The Morgan fingerprint density at radius 1 is 1.28 bits per heavy atom. The number of hydrogen-bond acceptors (Lipinski definition) is 3. The maximum Gasteiger partial charge on any atom is 0.0569 e. The first-order chi connectivity index (χ1) is 8.75. The highest BCUT2D eigenvalue weighted by Gasteiger charge is 2.35. The van der Waals surface area contributed by atoms with Crippen LogP contribution in [0.25, 0.3) is 0 Å². The summed E-state index contributed by atoms with van der Waals surface area (Å²) >= 11 is 0. The van der Waals surface area contributed by atoms with E-state index < -0.39 is 0 Å². The van der Waals surface area contributed by atoms with Crippen LogP contribution >= 0.6 is 0 Å². The first-order valence-electron chi connectivity index (χ1n) is 7.24. The summed E-state index contributed by atoms with van der Waals surface area (Å²) in [5, 5.41) is 0. The van der Waals surface area contributed by atoms with E-state index in [-0.39, 0.29) is 6.04 Å². The van der Waals surface area contributed by atoms with Crippen LogP contribution in [0.3, 0.4) is 0 Å². The van der Waals surface area contributed by atoms with E-state index in [0.29, 0.717) is 0 Å². The van der Waals surface area contributed by atoms with Crippen LogP contribution < -0.4 is 10.6 Å². The van der Waals surface area contributed by atoms with Crippen LogP contribution in [0.15, 0.2) is 18.3 Å². The quantitative estimate of drug-likeness (QED) is 0.871.